The van der Waals surface area contributed by atoms with Crippen molar-refractivity contribution in [2.24, 2.45) is 0 Å². The van der Waals surface area contributed by atoms with Gasteiger partial charge in [-0.25, -0.2) is 4.79 Å². The molecular weight excluding hydrogens is 415 g/mol. The smallest absolute Gasteiger partial charge is 0.325 e. The highest BCUT2D eigenvalue weighted by molar-refractivity contribution is 6.35. The standard InChI is InChI=1S/C20H22Cl2N4O3/c1-19(14-7-6-13(21)10-15(14)22)17(28)26(18(29)24-19)11-16(27)25(2)20(12-23)8-4-3-5-9-20/h6-7,10H,3-5,8-9,11H2,1-2H3,(H,24,29)/t19-/m1/s1. The SMILES string of the molecule is CN(C(=O)CN1C(=O)N[C@](C)(c2ccc(Cl)cc2Cl)C1=O)C1(C#N)CCCCC1. The van der Waals surface area contributed by atoms with Crippen molar-refractivity contribution < 1.29 is 14.4 Å². The summed E-state index contributed by atoms with van der Waals surface area (Å²) in [7, 11) is 1.56. The molecule has 0 unspecified atom stereocenters. The summed E-state index contributed by atoms with van der Waals surface area (Å²) in [5.41, 5.74) is -1.90. The number of rotatable bonds is 4. The van der Waals surface area contributed by atoms with E-state index in [0.717, 1.165) is 24.2 Å². The number of urea groups is 1. The number of carbonyl (C=O) groups is 3. The summed E-state index contributed by atoms with van der Waals surface area (Å²) in [4.78, 5) is 40.7. The fraction of sp³-hybridized carbons (Fsp3) is 0.500. The maximum Gasteiger partial charge on any atom is 0.325 e. The topological polar surface area (TPSA) is 93.5 Å². The Morgan fingerprint density at radius 2 is 1.93 bits per heavy atom. The van der Waals surface area contributed by atoms with Gasteiger partial charge in [0.2, 0.25) is 5.91 Å². The largest absolute Gasteiger partial charge is 0.325 e. The highest BCUT2D eigenvalue weighted by atomic mass is 35.5. The average molecular weight is 437 g/mol. The van der Waals surface area contributed by atoms with E-state index in [-0.39, 0.29) is 5.02 Å². The Bertz CT molecular complexity index is 907. The van der Waals surface area contributed by atoms with E-state index in [2.05, 4.69) is 11.4 Å². The molecule has 2 fully saturated rings. The lowest BCUT2D eigenvalue weighted by atomic mass is 9.81. The van der Waals surface area contributed by atoms with Crippen LogP contribution >= 0.6 is 23.2 Å². The number of likely N-dealkylation sites (N-methyl/N-ethyl adjacent to an activating group) is 1. The average Bonchev–Trinajstić information content (AvgIpc) is 2.91. The van der Waals surface area contributed by atoms with Crippen LogP contribution < -0.4 is 5.32 Å². The van der Waals surface area contributed by atoms with Gasteiger partial charge >= 0.3 is 6.03 Å². The molecule has 1 saturated carbocycles. The van der Waals surface area contributed by atoms with E-state index in [4.69, 9.17) is 23.2 Å². The molecule has 1 saturated heterocycles. The van der Waals surface area contributed by atoms with Gasteiger partial charge in [-0.05, 0) is 31.9 Å². The van der Waals surface area contributed by atoms with Gasteiger partial charge in [0.25, 0.3) is 5.91 Å². The number of amides is 4. The van der Waals surface area contributed by atoms with Crippen molar-refractivity contribution >= 4 is 41.0 Å². The molecule has 1 aromatic carbocycles. The highest BCUT2D eigenvalue weighted by Crippen LogP contribution is 2.36. The molecule has 1 atom stereocenters. The van der Waals surface area contributed by atoms with E-state index in [1.165, 1.54) is 17.9 Å². The van der Waals surface area contributed by atoms with Crippen LogP contribution in [-0.4, -0.2) is 46.8 Å². The zero-order valence-electron chi connectivity index (χ0n) is 16.3. The van der Waals surface area contributed by atoms with E-state index in [1.807, 2.05) is 0 Å². The van der Waals surface area contributed by atoms with Gasteiger partial charge in [-0.15, -0.1) is 0 Å². The Morgan fingerprint density at radius 3 is 2.52 bits per heavy atom. The molecule has 0 aromatic heterocycles. The van der Waals surface area contributed by atoms with Gasteiger partial charge in [-0.1, -0.05) is 48.5 Å². The molecule has 7 nitrogen and oxygen atoms in total. The van der Waals surface area contributed by atoms with Crippen molar-refractivity contribution in [1.82, 2.24) is 15.1 Å². The Labute approximate surface area is 179 Å². The van der Waals surface area contributed by atoms with Gasteiger partial charge in [0.1, 0.15) is 17.6 Å². The highest BCUT2D eigenvalue weighted by Gasteiger charge is 2.51. The molecule has 0 radical (unpaired) electrons. The number of benzene rings is 1. The fourth-order valence-corrected chi connectivity index (χ4v) is 4.65. The molecule has 0 spiro atoms. The first-order valence-corrected chi connectivity index (χ1v) is 10.2. The predicted molar refractivity (Wildman–Crippen MR) is 108 cm³/mol. The number of hydrogen-bond donors (Lipinski definition) is 1. The normalized spacial score (nSPS) is 23.5. The second kappa shape index (κ2) is 7.85. The van der Waals surface area contributed by atoms with Gasteiger partial charge < -0.3 is 10.2 Å². The van der Waals surface area contributed by atoms with Crippen molar-refractivity contribution in [2.75, 3.05) is 13.6 Å². The predicted octanol–water partition coefficient (Wildman–Crippen LogP) is 3.45. The van der Waals surface area contributed by atoms with Gasteiger partial charge in [0, 0.05) is 22.7 Å². The van der Waals surface area contributed by atoms with Crippen molar-refractivity contribution in [1.29, 1.82) is 5.26 Å². The summed E-state index contributed by atoms with van der Waals surface area (Å²) >= 11 is 12.2. The zero-order valence-corrected chi connectivity index (χ0v) is 17.8. The van der Waals surface area contributed by atoms with Crippen LogP contribution in [0, 0.1) is 11.3 Å². The van der Waals surface area contributed by atoms with E-state index < -0.39 is 35.5 Å². The molecule has 3 rings (SSSR count). The van der Waals surface area contributed by atoms with Crippen molar-refractivity contribution in [2.45, 2.75) is 50.1 Å². The van der Waals surface area contributed by atoms with Gasteiger partial charge in [-0.2, -0.15) is 5.26 Å². The lowest BCUT2D eigenvalue weighted by Gasteiger charge is -2.39. The third-order valence-electron chi connectivity index (χ3n) is 5.94. The molecule has 1 aliphatic heterocycles. The molecule has 2 aliphatic rings. The van der Waals surface area contributed by atoms with Crippen LogP contribution in [0.2, 0.25) is 10.0 Å². The van der Waals surface area contributed by atoms with Crippen LogP contribution in [0.5, 0.6) is 0 Å². The van der Waals surface area contributed by atoms with Crippen LogP contribution in [0.3, 0.4) is 0 Å². The first-order valence-electron chi connectivity index (χ1n) is 9.42. The first kappa shape index (κ1) is 21.4. The van der Waals surface area contributed by atoms with E-state index >= 15 is 0 Å². The van der Waals surface area contributed by atoms with Gasteiger partial charge in [-0.3, -0.25) is 14.5 Å². The van der Waals surface area contributed by atoms with Crippen LogP contribution in [-0.2, 0) is 15.1 Å². The number of nitriles is 1. The molecule has 29 heavy (non-hydrogen) atoms. The minimum atomic E-state index is -1.41. The van der Waals surface area contributed by atoms with Crippen molar-refractivity contribution in [3.05, 3.63) is 33.8 Å². The van der Waals surface area contributed by atoms with E-state index in [1.54, 1.807) is 19.2 Å². The van der Waals surface area contributed by atoms with Crippen LogP contribution in [0.1, 0.15) is 44.6 Å². The molecule has 1 aliphatic carbocycles. The second-order valence-corrected chi connectivity index (χ2v) is 8.57. The number of halogens is 2. The molecule has 1 N–H and O–H groups in total. The maximum atomic E-state index is 13.1. The summed E-state index contributed by atoms with van der Waals surface area (Å²) in [5, 5.41) is 13.0. The van der Waals surface area contributed by atoms with Gasteiger partial charge in [0.05, 0.1) is 6.07 Å². The lowest BCUT2D eigenvalue weighted by molar-refractivity contribution is -0.141. The summed E-state index contributed by atoms with van der Waals surface area (Å²) in [5.74, 6) is -1.04. The molecule has 154 valence electrons. The lowest BCUT2D eigenvalue weighted by Crippen LogP contribution is -2.53. The molecule has 1 heterocycles. The molecule has 4 amide bonds. The monoisotopic (exact) mass is 436 g/mol. The quantitative estimate of drug-likeness (QED) is 0.731. The van der Waals surface area contributed by atoms with Crippen molar-refractivity contribution in [3.63, 3.8) is 0 Å². The summed E-state index contributed by atoms with van der Waals surface area (Å²) < 4.78 is 0. The maximum absolute atomic E-state index is 13.1. The fourth-order valence-electron chi connectivity index (χ4n) is 4.06. The Balaban J connectivity index is 1.81. The van der Waals surface area contributed by atoms with E-state index in [0.29, 0.717) is 23.4 Å². The Kier molecular flexibility index (Phi) is 5.79. The molecular formula is C20H22Cl2N4O3. The summed E-state index contributed by atoms with van der Waals surface area (Å²) in [6.07, 6.45) is 3.93. The Morgan fingerprint density at radius 1 is 1.28 bits per heavy atom. The number of hydrogen-bond acceptors (Lipinski definition) is 4. The van der Waals surface area contributed by atoms with Crippen LogP contribution in [0.15, 0.2) is 18.2 Å². The first-order chi connectivity index (χ1) is 13.6. The Hall–Kier alpha value is -2.30. The molecule has 1 aromatic rings. The van der Waals surface area contributed by atoms with E-state index in [9.17, 15) is 19.6 Å². The summed E-state index contributed by atoms with van der Waals surface area (Å²) in [6, 6.07) is 6.24. The van der Waals surface area contributed by atoms with Gasteiger partial charge in [0.15, 0.2) is 0 Å². The number of nitrogens with one attached hydrogen (secondary N) is 1. The minimum absolute atomic E-state index is 0.240. The third-order valence-corrected chi connectivity index (χ3v) is 6.49. The molecule has 0 bridgehead atoms. The summed E-state index contributed by atoms with van der Waals surface area (Å²) in [6.45, 7) is 1.10. The van der Waals surface area contributed by atoms with Crippen molar-refractivity contribution in [3.8, 4) is 6.07 Å². The number of carbonyl (C=O) groups excluding carboxylic acids is 3. The third kappa shape index (κ3) is 3.67. The zero-order chi connectivity index (χ0) is 21.4. The molecule has 9 heteroatoms. The van der Waals surface area contributed by atoms with Crippen LogP contribution in [0.25, 0.3) is 0 Å². The minimum Gasteiger partial charge on any atom is -0.325 e. The second-order valence-electron chi connectivity index (χ2n) is 7.73. The van der Waals surface area contributed by atoms with Crippen LogP contribution in [0.4, 0.5) is 4.79 Å². The number of imide groups is 1. The number of nitrogens with zero attached hydrogens (tertiary/aromatic N) is 3.